The molecule has 43 heavy (non-hydrogen) atoms. The number of hydrogen-bond donors (Lipinski definition) is 1. The summed E-state index contributed by atoms with van der Waals surface area (Å²) in [5.41, 5.74) is 1.23. The molecule has 230 valence electrons. The first-order valence-electron chi connectivity index (χ1n) is 14.8. The van der Waals surface area contributed by atoms with Gasteiger partial charge in [0, 0.05) is 56.6 Å². The topological polar surface area (TPSA) is 111 Å². The van der Waals surface area contributed by atoms with Gasteiger partial charge in [-0.2, -0.15) is 0 Å². The van der Waals surface area contributed by atoms with Crippen LogP contribution in [-0.4, -0.2) is 61.1 Å². The summed E-state index contributed by atoms with van der Waals surface area (Å²) < 4.78 is 22.5. The summed E-state index contributed by atoms with van der Waals surface area (Å²) in [4.78, 5) is 49.9. The highest BCUT2D eigenvalue weighted by molar-refractivity contribution is 5.98. The van der Waals surface area contributed by atoms with E-state index in [4.69, 9.17) is 9.72 Å². The average Bonchev–Trinajstić information content (AvgIpc) is 3.31. The average molecular weight is 613 g/mol. The van der Waals surface area contributed by atoms with Crippen molar-refractivity contribution in [3.63, 3.8) is 0 Å². The molecule has 10 nitrogen and oxygen atoms in total. The van der Waals surface area contributed by atoms with Gasteiger partial charge in [0.1, 0.15) is 5.82 Å². The number of ether oxygens (including phenoxy) is 1. The lowest BCUT2D eigenvalue weighted by atomic mass is 9.80. The molecule has 1 aliphatic carbocycles. The largest absolute Gasteiger partial charge is 0.381 e. The summed E-state index contributed by atoms with van der Waals surface area (Å²) in [6.45, 7) is 5.12. The number of imide groups is 1. The van der Waals surface area contributed by atoms with Crippen LogP contribution in [0.4, 0.5) is 10.3 Å². The van der Waals surface area contributed by atoms with Crippen LogP contribution in [0.25, 0.3) is 17.1 Å². The van der Waals surface area contributed by atoms with Crippen molar-refractivity contribution in [2.24, 2.45) is 5.41 Å². The van der Waals surface area contributed by atoms with E-state index in [2.05, 4.69) is 10.3 Å². The molecule has 2 aromatic heterocycles. The predicted octanol–water partition coefficient (Wildman–Crippen LogP) is 4.91. The zero-order chi connectivity index (χ0) is 29.4. The number of carbonyl (C=O) groups is 2. The lowest BCUT2D eigenvalue weighted by molar-refractivity contribution is -0.156. The second-order valence-electron chi connectivity index (χ2n) is 12.5. The minimum absolute atomic E-state index is 0. The highest BCUT2D eigenvalue weighted by Crippen LogP contribution is 2.35. The van der Waals surface area contributed by atoms with Gasteiger partial charge in [0.25, 0.3) is 0 Å². The Labute approximate surface area is 256 Å². The first-order chi connectivity index (χ1) is 20.2. The number of hydrogen-bond acceptors (Lipinski definition) is 7. The van der Waals surface area contributed by atoms with E-state index in [1.54, 1.807) is 33.5 Å². The molecule has 3 aliphatic rings. The zero-order valence-electron chi connectivity index (χ0n) is 24.5. The van der Waals surface area contributed by atoms with Crippen molar-refractivity contribution in [2.45, 2.75) is 83.3 Å². The number of nitrogens with zero attached hydrogens (tertiary/aromatic N) is 5. The predicted molar refractivity (Wildman–Crippen MR) is 162 cm³/mol. The fourth-order valence-electron chi connectivity index (χ4n) is 6.54. The summed E-state index contributed by atoms with van der Waals surface area (Å²) in [5.74, 6) is -0.0646. The highest BCUT2D eigenvalue weighted by atomic mass is 35.5. The molecule has 0 radical (unpaired) electrons. The third kappa shape index (κ3) is 6.52. The van der Waals surface area contributed by atoms with Crippen molar-refractivity contribution < 1.29 is 18.7 Å². The van der Waals surface area contributed by atoms with E-state index in [0.717, 1.165) is 38.5 Å². The molecule has 2 aliphatic heterocycles. The molecular formula is C31H38ClFN6O4. The Morgan fingerprint density at radius 3 is 2.21 bits per heavy atom. The van der Waals surface area contributed by atoms with Crippen LogP contribution in [0.15, 0.2) is 47.5 Å². The van der Waals surface area contributed by atoms with Gasteiger partial charge in [0.15, 0.2) is 0 Å². The maximum Gasteiger partial charge on any atom is 0.333 e. The number of amides is 2. The second kappa shape index (κ2) is 12.6. The summed E-state index contributed by atoms with van der Waals surface area (Å²) >= 11 is 0. The molecule has 4 heterocycles. The van der Waals surface area contributed by atoms with Gasteiger partial charge in [0.2, 0.25) is 17.8 Å². The maximum atomic E-state index is 13.7. The summed E-state index contributed by atoms with van der Waals surface area (Å²) in [7, 11) is 0. The van der Waals surface area contributed by atoms with Gasteiger partial charge in [0.05, 0.1) is 17.1 Å². The van der Waals surface area contributed by atoms with E-state index in [9.17, 15) is 18.8 Å². The van der Waals surface area contributed by atoms with E-state index in [-0.39, 0.29) is 59.3 Å². The number of likely N-dealkylation sites (tertiary alicyclic amines) is 1. The highest BCUT2D eigenvalue weighted by Gasteiger charge is 2.41. The molecule has 3 fully saturated rings. The van der Waals surface area contributed by atoms with Crippen LogP contribution in [0, 0.1) is 11.2 Å². The monoisotopic (exact) mass is 612 g/mol. The molecule has 2 saturated heterocycles. The molecule has 1 N–H and O–H groups in total. The van der Waals surface area contributed by atoms with Gasteiger partial charge < -0.3 is 10.1 Å². The van der Waals surface area contributed by atoms with Gasteiger partial charge in [-0.3, -0.25) is 23.6 Å². The number of halogens is 2. The van der Waals surface area contributed by atoms with Crippen molar-refractivity contribution in [1.82, 2.24) is 24.0 Å². The van der Waals surface area contributed by atoms with Gasteiger partial charge in [-0.05, 0) is 74.3 Å². The Morgan fingerprint density at radius 2 is 1.56 bits per heavy atom. The first-order valence-corrected chi connectivity index (χ1v) is 14.8. The van der Waals surface area contributed by atoms with E-state index in [0.29, 0.717) is 49.1 Å². The lowest BCUT2D eigenvalue weighted by Gasteiger charge is -2.41. The van der Waals surface area contributed by atoms with Gasteiger partial charge in [-0.25, -0.2) is 19.2 Å². The number of rotatable bonds is 6. The van der Waals surface area contributed by atoms with E-state index >= 15 is 0 Å². The third-order valence-electron chi connectivity index (χ3n) is 8.69. The molecule has 12 heteroatoms. The number of carbonyl (C=O) groups excluding carboxylic acids is 2. The molecule has 6 rings (SSSR count). The molecule has 0 bridgehead atoms. The fraction of sp³-hybridized carbons (Fsp3) is 0.516. The Hall–Kier alpha value is -3.57. The van der Waals surface area contributed by atoms with Gasteiger partial charge >= 0.3 is 5.69 Å². The molecule has 0 unspecified atom stereocenters. The molecule has 1 saturated carbocycles. The van der Waals surface area contributed by atoms with Crippen LogP contribution in [0.1, 0.15) is 71.3 Å². The molecule has 2 amide bonds. The minimum Gasteiger partial charge on any atom is -0.381 e. The molecule has 0 spiro atoms. The molecule has 1 aromatic carbocycles. The number of anilines is 1. The second-order valence-corrected chi connectivity index (χ2v) is 12.5. The Balaban J connectivity index is 0.00000368. The summed E-state index contributed by atoms with van der Waals surface area (Å²) in [6.07, 6.45) is 8.77. The first kappa shape index (κ1) is 30.9. The van der Waals surface area contributed by atoms with Crippen LogP contribution in [0.5, 0.6) is 0 Å². The molecule has 0 atom stereocenters. The van der Waals surface area contributed by atoms with Crippen LogP contribution in [0.3, 0.4) is 0 Å². The van der Waals surface area contributed by atoms with Crippen LogP contribution in [-0.2, 0) is 14.3 Å². The summed E-state index contributed by atoms with van der Waals surface area (Å²) in [6, 6.07) is 7.65. The zero-order valence-corrected chi connectivity index (χ0v) is 25.3. The number of aromatic nitrogens is 4. The van der Waals surface area contributed by atoms with Crippen molar-refractivity contribution in [2.75, 3.05) is 18.5 Å². The minimum atomic E-state index is -0.377. The van der Waals surface area contributed by atoms with E-state index in [1.807, 2.05) is 20.0 Å². The molecule has 3 aromatic rings. The van der Waals surface area contributed by atoms with Crippen molar-refractivity contribution in [1.29, 1.82) is 0 Å². The summed E-state index contributed by atoms with van der Waals surface area (Å²) in [5, 5.41) is 3.43. The van der Waals surface area contributed by atoms with Crippen LogP contribution < -0.4 is 11.0 Å². The van der Waals surface area contributed by atoms with Crippen molar-refractivity contribution in [3.05, 3.63) is 59.0 Å². The molecular weight excluding hydrogens is 575 g/mol. The Bertz CT molecular complexity index is 1500. The van der Waals surface area contributed by atoms with Crippen LogP contribution in [0.2, 0.25) is 0 Å². The number of imidazole rings is 1. The normalized spacial score (nSPS) is 22.7. The van der Waals surface area contributed by atoms with Gasteiger partial charge in [-0.1, -0.05) is 13.8 Å². The fourth-order valence-corrected chi connectivity index (χ4v) is 6.54. The van der Waals surface area contributed by atoms with Crippen LogP contribution >= 0.6 is 12.4 Å². The van der Waals surface area contributed by atoms with E-state index in [1.165, 1.54) is 17.0 Å². The van der Waals surface area contributed by atoms with E-state index < -0.39 is 0 Å². The standard InChI is InChI=1S/C31H37FN6O4.ClH/c1-31(2)17-27(39)38(28(40)18-31)24-9-5-21(6-10-24)34-29-33-14-11-25(35-29)26-19-36(22-12-15-42-16-13-22)30(41)37(26)23-7-3-20(32)4-8-23;/h3-4,7-8,11,14,19,21-22,24H,5-6,9-10,12-13,15-18H2,1-2H3,(H,33,34,35);1H. The third-order valence-corrected chi connectivity index (χ3v) is 8.69. The maximum absolute atomic E-state index is 13.7. The van der Waals surface area contributed by atoms with Crippen molar-refractivity contribution >= 4 is 30.2 Å². The number of benzene rings is 1. The number of piperidine rings is 1. The van der Waals surface area contributed by atoms with Gasteiger partial charge in [-0.15, -0.1) is 12.4 Å². The van der Waals surface area contributed by atoms with Crippen molar-refractivity contribution in [3.8, 4) is 17.1 Å². The lowest BCUT2D eigenvalue weighted by Crippen LogP contribution is -2.52. The quantitative estimate of drug-likeness (QED) is 0.394. The number of nitrogens with one attached hydrogen (secondary N) is 1. The smallest absolute Gasteiger partial charge is 0.333 e. The Kier molecular flexibility index (Phi) is 9.03. The SMILES string of the molecule is CC1(C)CC(=O)N(C2CCC(Nc3nccc(-c4cn(C5CCOCC5)c(=O)n4-c4ccc(F)cc4)n3)CC2)C(=O)C1.Cl. The Morgan fingerprint density at radius 1 is 0.907 bits per heavy atom.